The molecule has 4 nitrogen and oxygen atoms in total. The van der Waals surface area contributed by atoms with Crippen molar-refractivity contribution in [1.29, 1.82) is 0 Å². The second-order valence-electron chi connectivity index (χ2n) is 5.95. The lowest BCUT2D eigenvalue weighted by atomic mass is 10.2. The van der Waals surface area contributed by atoms with Crippen molar-refractivity contribution in [2.45, 2.75) is 20.0 Å². The van der Waals surface area contributed by atoms with Crippen LogP contribution in [0.5, 0.6) is 0 Å². The van der Waals surface area contributed by atoms with Crippen LogP contribution in [0.4, 0.5) is 11.6 Å². The Hall–Kier alpha value is -2.59. The Bertz CT molecular complexity index is 836. The van der Waals surface area contributed by atoms with E-state index in [9.17, 15) is 0 Å². The number of hydrogen-bond donors (Lipinski definition) is 1. The standard InChI is InChI=1S/C20H21ClN4/c1-15-23-19(22-13-17-10-6-7-11-18(17)21)12-20(24-15)25(2)14-16-8-4-3-5-9-16/h3-12H,13-14H2,1-2H3,(H,22,23,24). The fraction of sp³-hybridized carbons (Fsp3) is 0.200. The summed E-state index contributed by atoms with van der Waals surface area (Å²) < 4.78 is 0. The van der Waals surface area contributed by atoms with Crippen LogP contribution in [-0.2, 0) is 13.1 Å². The first-order valence-electron chi connectivity index (χ1n) is 8.20. The molecule has 0 saturated carbocycles. The van der Waals surface area contributed by atoms with Crippen LogP contribution in [-0.4, -0.2) is 17.0 Å². The highest BCUT2D eigenvalue weighted by molar-refractivity contribution is 6.31. The van der Waals surface area contributed by atoms with Gasteiger partial charge in [0.05, 0.1) is 0 Å². The van der Waals surface area contributed by atoms with Gasteiger partial charge in [0.15, 0.2) is 0 Å². The Morgan fingerprint density at radius 1 is 1.00 bits per heavy atom. The minimum absolute atomic E-state index is 0.623. The SMILES string of the molecule is Cc1nc(NCc2ccccc2Cl)cc(N(C)Cc2ccccc2)n1. The van der Waals surface area contributed by atoms with Gasteiger partial charge in [-0.05, 0) is 24.1 Å². The fourth-order valence-electron chi connectivity index (χ4n) is 2.60. The topological polar surface area (TPSA) is 41.1 Å². The van der Waals surface area contributed by atoms with E-state index in [2.05, 4.69) is 32.3 Å². The molecule has 0 fully saturated rings. The van der Waals surface area contributed by atoms with Gasteiger partial charge in [0.25, 0.3) is 0 Å². The second kappa shape index (κ2) is 7.99. The Labute approximate surface area is 153 Å². The molecule has 0 amide bonds. The molecule has 0 aliphatic carbocycles. The van der Waals surface area contributed by atoms with E-state index >= 15 is 0 Å². The molecule has 0 aliphatic heterocycles. The van der Waals surface area contributed by atoms with Crippen LogP contribution in [0.2, 0.25) is 5.02 Å². The molecular formula is C20H21ClN4. The Kier molecular flexibility index (Phi) is 5.51. The summed E-state index contributed by atoms with van der Waals surface area (Å²) in [6.45, 7) is 3.32. The van der Waals surface area contributed by atoms with Gasteiger partial charge in [-0.3, -0.25) is 0 Å². The molecule has 0 saturated heterocycles. The molecule has 2 aromatic carbocycles. The van der Waals surface area contributed by atoms with E-state index in [4.69, 9.17) is 11.6 Å². The average Bonchev–Trinajstić information content (AvgIpc) is 2.61. The van der Waals surface area contributed by atoms with E-state index < -0.39 is 0 Å². The third-order valence-electron chi connectivity index (χ3n) is 3.90. The van der Waals surface area contributed by atoms with Crippen molar-refractivity contribution in [1.82, 2.24) is 9.97 Å². The van der Waals surface area contributed by atoms with Crippen molar-refractivity contribution in [2.24, 2.45) is 0 Å². The van der Waals surface area contributed by atoms with Gasteiger partial charge in [-0.15, -0.1) is 0 Å². The summed E-state index contributed by atoms with van der Waals surface area (Å²) in [5, 5.41) is 4.09. The summed E-state index contributed by atoms with van der Waals surface area (Å²) in [7, 11) is 2.03. The van der Waals surface area contributed by atoms with Crippen molar-refractivity contribution in [2.75, 3.05) is 17.3 Å². The summed E-state index contributed by atoms with van der Waals surface area (Å²) in [6, 6.07) is 20.1. The predicted octanol–water partition coefficient (Wildman–Crippen LogP) is 4.69. The molecule has 25 heavy (non-hydrogen) atoms. The number of nitrogens with one attached hydrogen (secondary N) is 1. The molecule has 0 aliphatic rings. The van der Waals surface area contributed by atoms with Crippen LogP contribution in [0.1, 0.15) is 17.0 Å². The largest absolute Gasteiger partial charge is 0.366 e. The first-order valence-corrected chi connectivity index (χ1v) is 8.57. The molecule has 3 rings (SSSR count). The molecule has 0 atom stereocenters. The number of anilines is 2. The van der Waals surface area contributed by atoms with Crippen LogP contribution in [0, 0.1) is 6.92 Å². The number of aryl methyl sites for hydroxylation is 1. The van der Waals surface area contributed by atoms with Gasteiger partial charge in [-0.1, -0.05) is 60.1 Å². The van der Waals surface area contributed by atoms with Crippen LogP contribution >= 0.6 is 11.6 Å². The van der Waals surface area contributed by atoms with Crippen molar-refractivity contribution >= 4 is 23.2 Å². The van der Waals surface area contributed by atoms with E-state index in [1.54, 1.807) is 0 Å². The van der Waals surface area contributed by atoms with E-state index in [0.29, 0.717) is 6.54 Å². The first kappa shape index (κ1) is 17.2. The highest BCUT2D eigenvalue weighted by Crippen LogP contribution is 2.19. The Morgan fingerprint density at radius 3 is 2.48 bits per heavy atom. The monoisotopic (exact) mass is 352 g/mol. The summed E-state index contributed by atoms with van der Waals surface area (Å²) in [5.41, 5.74) is 2.28. The Morgan fingerprint density at radius 2 is 1.72 bits per heavy atom. The smallest absolute Gasteiger partial charge is 0.134 e. The molecule has 1 heterocycles. The van der Waals surface area contributed by atoms with Crippen molar-refractivity contribution in [3.05, 3.63) is 82.6 Å². The third-order valence-corrected chi connectivity index (χ3v) is 4.26. The molecule has 1 aromatic heterocycles. The van der Waals surface area contributed by atoms with Gasteiger partial charge in [0, 0.05) is 31.2 Å². The third kappa shape index (κ3) is 4.70. The molecule has 0 bridgehead atoms. The summed E-state index contributed by atoms with van der Waals surface area (Å²) in [6.07, 6.45) is 0. The van der Waals surface area contributed by atoms with Gasteiger partial charge in [-0.2, -0.15) is 0 Å². The number of aromatic nitrogens is 2. The lowest BCUT2D eigenvalue weighted by molar-refractivity contribution is 0.878. The van der Waals surface area contributed by atoms with Crippen molar-refractivity contribution in [3.8, 4) is 0 Å². The highest BCUT2D eigenvalue weighted by atomic mass is 35.5. The van der Waals surface area contributed by atoms with Gasteiger partial charge in [-0.25, -0.2) is 9.97 Å². The van der Waals surface area contributed by atoms with Gasteiger partial charge < -0.3 is 10.2 Å². The van der Waals surface area contributed by atoms with Crippen LogP contribution in [0.25, 0.3) is 0 Å². The second-order valence-corrected chi connectivity index (χ2v) is 6.35. The predicted molar refractivity (Wildman–Crippen MR) is 104 cm³/mol. The zero-order chi connectivity index (χ0) is 17.6. The van der Waals surface area contributed by atoms with Crippen molar-refractivity contribution in [3.63, 3.8) is 0 Å². The van der Waals surface area contributed by atoms with Crippen molar-refractivity contribution < 1.29 is 0 Å². The van der Waals surface area contributed by atoms with E-state index in [1.807, 2.05) is 62.5 Å². The molecule has 5 heteroatoms. The fourth-order valence-corrected chi connectivity index (χ4v) is 2.81. The first-order chi connectivity index (χ1) is 12.1. The number of rotatable bonds is 6. The average molecular weight is 353 g/mol. The number of halogens is 1. The molecule has 0 unspecified atom stereocenters. The zero-order valence-electron chi connectivity index (χ0n) is 14.4. The minimum Gasteiger partial charge on any atom is -0.366 e. The van der Waals surface area contributed by atoms with Crippen LogP contribution in [0.15, 0.2) is 60.7 Å². The summed E-state index contributed by atoms with van der Waals surface area (Å²) >= 11 is 6.21. The number of hydrogen-bond acceptors (Lipinski definition) is 4. The zero-order valence-corrected chi connectivity index (χ0v) is 15.2. The summed E-state index contributed by atoms with van der Waals surface area (Å²) in [5.74, 6) is 2.42. The van der Waals surface area contributed by atoms with E-state index in [0.717, 1.165) is 34.6 Å². The minimum atomic E-state index is 0.623. The number of nitrogens with zero attached hydrogens (tertiary/aromatic N) is 3. The van der Waals surface area contributed by atoms with Gasteiger partial charge >= 0.3 is 0 Å². The maximum atomic E-state index is 6.21. The number of benzene rings is 2. The van der Waals surface area contributed by atoms with Gasteiger partial charge in [0.2, 0.25) is 0 Å². The summed E-state index contributed by atoms with van der Waals surface area (Å²) in [4.78, 5) is 11.1. The maximum Gasteiger partial charge on any atom is 0.134 e. The normalized spacial score (nSPS) is 10.5. The van der Waals surface area contributed by atoms with Crippen LogP contribution < -0.4 is 10.2 Å². The molecule has 128 valence electrons. The lowest BCUT2D eigenvalue weighted by Gasteiger charge is -2.19. The molecular weight excluding hydrogens is 332 g/mol. The maximum absolute atomic E-state index is 6.21. The quantitative estimate of drug-likeness (QED) is 0.699. The molecule has 3 aromatic rings. The van der Waals surface area contributed by atoms with Gasteiger partial charge in [0.1, 0.15) is 17.5 Å². The lowest BCUT2D eigenvalue weighted by Crippen LogP contribution is -2.18. The molecule has 0 radical (unpaired) electrons. The highest BCUT2D eigenvalue weighted by Gasteiger charge is 2.08. The Balaban J connectivity index is 1.72. The van der Waals surface area contributed by atoms with E-state index in [1.165, 1.54) is 5.56 Å². The molecule has 0 spiro atoms. The molecule has 1 N–H and O–H groups in total. The van der Waals surface area contributed by atoms with E-state index in [-0.39, 0.29) is 0 Å². The van der Waals surface area contributed by atoms with Crippen LogP contribution in [0.3, 0.4) is 0 Å².